The molecule has 1 aromatic rings. The van der Waals surface area contributed by atoms with Gasteiger partial charge in [0.2, 0.25) is 0 Å². The summed E-state index contributed by atoms with van der Waals surface area (Å²) in [6.45, 7) is 1.86. The van der Waals surface area contributed by atoms with Crippen LogP contribution < -0.4 is 0 Å². The van der Waals surface area contributed by atoms with Crippen LogP contribution in [-0.2, 0) is 9.53 Å². The van der Waals surface area contributed by atoms with Gasteiger partial charge in [-0.1, -0.05) is 0 Å². The van der Waals surface area contributed by atoms with Crippen LogP contribution in [0.4, 0.5) is 5.69 Å². The highest BCUT2D eigenvalue weighted by atomic mass is 16.6. The predicted molar refractivity (Wildman–Crippen MR) is 54.4 cm³/mol. The maximum Gasteiger partial charge on any atom is 0.384 e. The van der Waals surface area contributed by atoms with Gasteiger partial charge in [0, 0.05) is 24.4 Å². The highest BCUT2D eigenvalue weighted by molar-refractivity contribution is 5.89. The van der Waals surface area contributed by atoms with E-state index in [4.69, 9.17) is 0 Å². The van der Waals surface area contributed by atoms with Crippen molar-refractivity contribution in [2.45, 2.75) is 6.92 Å². The second-order valence-electron chi connectivity index (χ2n) is 2.62. The fraction of sp³-hybridized carbons (Fsp3) is 0.200. The molecule has 0 aliphatic heterocycles. The number of rotatable bonds is 2. The number of aromatic nitrogens is 1. The van der Waals surface area contributed by atoms with Gasteiger partial charge in [-0.2, -0.15) is 0 Å². The van der Waals surface area contributed by atoms with E-state index >= 15 is 0 Å². The molecule has 0 amide bonds. The van der Waals surface area contributed by atoms with Gasteiger partial charge in [-0.25, -0.2) is 4.79 Å². The molecule has 0 unspecified atom stereocenters. The van der Waals surface area contributed by atoms with Crippen molar-refractivity contribution in [3.8, 4) is 11.8 Å². The van der Waals surface area contributed by atoms with Gasteiger partial charge in [0.25, 0.3) is 5.69 Å². The van der Waals surface area contributed by atoms with Crippen LogP contribution in [-0.4, -0.2) is 22.5 Å². The molecular weight excluding hydrogens is 212 g/mol. The van der Waals surface area contributed by atoms with E-state index in [2.05, 4.69) is 21.6 Å². The van der Waals surface area contributed by atoms with Crippen LogP contribution >= 0.6 is 0 Å². The zero-order chi connectivity index (χ0) is 12.0. The first-order valence-electron chi connectivity index (χ1n) is 4.42. The van der Waals surface area contributed by atoms with Gasteiger partial charge in [0.05, 0.1) is 11.5 Å². The summed E-state index contributed by atoms with van der Waals surface area (Å²) in [6, 6.07) is 1.22. The summed E-state index contributed by atoms with van der Waals surface area (Å²) < 4.78 is 4.56. The molecule has 1 aromatic heterocycles. The second kappa shape index (κ2) is 5.46. The fourth-order valence-electron chi connectivity index (χ4n) is 0.928. The number of esters is 1. The van der Waals surface area contributed by atoms with E-state index in [9.17, 15) is 14.9 Å². The Hall–Kier alpha value is -2.42. The molecule has 0 spiro atoms. The lowest BCUT2D eigenvalue weighted by atomic mass is 10.2. The first-order chi connectivity index (χ1) is 7.65. The van der Waals surface area contributed by atoms with E-state index in [1.165, 1.54) is 18.5 Å². The third-order valence-electron chi connectivity index (χ3n) is 1.57. The first-order valence-corrected chi connectivity index (χ1v) is 4.42. The molecule has 0 atom stereocenters. The second-order valence-corrected chi connectivity index (χ2v) is 2.62. The Morgan fingerprint density at radius 1 is 1.69 bits per heavy atom. The molecule has 1 rings (SSSR count). The Bertz CT molecular complexity index is 473. The van der Waals surface area contributed by atoms with Crippen molar-refractivity contribution in [2.24, 2.45) is 0 Å². The number of hydrogen-bond acceptors (Lipinski definition) is 5. The van der Waals surface area contributed by atoms with Crippen LogP contribution in [0.15, 0.2) is 18.5 Å². The normalized spacial score (nSPS) is 8.81. The minimum Gasteiger partial charge on any atom is -0.456 e. The first kappa shape index (κ1) is 11.7. The molecule has 16 heavy (non-hydrogen) atoms. The zero-order valence-corrected chi connectivity index (χ0v) is 8.47. The van der Waals surface area contributed by atoms with Crippen molar-refractivity contribution in [1.29, 1.82) is 0 Å². The summed E-state index contributed by atoms with van der Waals surface area (Å²) in [5, 5.41) is 10.6. The lowest BCUT2D eigenvalue weighted by Crippen LogP contribution is -2.00. The molecule has 0 bridgehead atoms. The molecule has 6 heteroatoms. The number of carbonyl (C=O) groups excluding carboxylic acids is 1. The lowest BCUT2D eigenvalue weighted by Gasteiger charge is -1.93. The van der Waals surface area contributed by atoms with Crippen LogP contribution in [0.2, 0.25) is 0 Å². The monoisotopic (exact) mass is 220 g/mol. The smallest absolute Gasteiger partial charge is 0.384 e. The average molecular weight is 220 g/mol. The quantitative estimate of drug-likeness (QED) is 0.320. The van der Waals surface area contributed by atoms with E-state index in [0.717, 1.165) is 0 Å². The van der Waals surface area contributed by atoms with Crippen molar-refractivity contribution >= 4 is 11.7 Å². The van der Waals surface area contributed by atoms with Gasteiger partial charge in [-0.05, 0) is 12.8 Å². The summed E-state index contributed by atoms with van der Waals surface area (Å²) in [5.41, 5.74) is -0.104. The lowest BCUT2D eigenvalue weighted by molar-refractivity contribution is -0.385. The number of nitro groups is 1. The number of nitrogens with zero attached hydrogens (tertiary/aromatic N) is 2. The molecule has 82 valence electrons. The van der Waals surface area contributed by atoms with Gasteiger partial charge in [0.1, 0.15) is 5.56 Å². The molecular formula is C10H8N2O4. The Kier molecular flexibility index (Phi) is 3.98. The van der Waals surface area contributed by atoms with Crippen LogP contribution in [0.25, 0.3) is 0 Å². The average Bonchev–Trinajstić information content (AvgIpc) is 2.27. The summed E-state index contributed by atoms with van der Waals surface area (Å²) in [4.78, 5) is 24.6. The van der Waals surface area contributed by atoms with Crippen molar-refractivity contribution in [1.82, 2.24) is 4.98 Å². The molecule has 0 fully saturated rings. The number of carbonyl (C=O) groups is 1. The molecule has 0 aromatic carbocycles. The highest BCUT2D eigenvalue weighted by Gasteiger charge is 2.10. The molecule has 0 N–H and O–H groups in total. The van der Waals surface area contributed by atoms with E-state index in [0.29, 0.717) is 0 Å². The molecule has 1 heterocycles. The van der Waals surface area contributed by atoms with Gasteiger partial charge < -0.3 is 4.74 Å². The topological polar surface area (TPSA) is 82.3 Å². The van der Waals surface area contributed by atoms with Crippen LogP contribution in [0, 0.1) is 22.0 Å². The number of pyridine rings is 1. The summed E-state index contributed by atoms with van der Waals surface area (Å²) >= 11 is 0. The molecule has 0 saturated heterocycles. The summed E-state index contributed by atoms with van der Waals surface area (Å²) in [7, 11) is 0. The van der Waals surface area contributed by atoms with Crippen LogP contribution in [0.3, 0.4) is 0 Å². The Morgan fingerprint density at radius 3 is 3.06 bits per heavy atom. The zero-order valence-electron chi connectivity index (χ0n) is 8.47. The minimum atomic E-state index is -0.722. The predicted octanol–water partition coefficient (Wildman–Crippen LogP) is 0.904. The molecule has 6 nitrogen and oxygen atoms in total. The fourth-order valence-corrected chi connectivity index (χ4v) is 0.928. The van der Waals surface area contributed by atoms with Crippen molar-refractivity contribution in [3.63, 3.8) is 0 Å². The third kappa shape index (κ3) is 3.06. The van der Waals surface area contributed by atoms with E-state index in [-0.39, 0.29) is 17.9 Å². The van der Waals surface area contributed by atoms with Crippen molar-refractivity contribution < 1.29 is 14.5 Å². The van der Waals surface area contributed by atoms with E-state index in [1.54, 1.807) is 6.92 Å². The maximum atomic E-state index is 10.9. The summed E-state index contributed by atoms with van der Waals surface area (Å²) in [6.07, 6.45) is 2.51. The Morgan fingerprint density at radius 2 is 2.44 bits per heavy atom. The molecule has 0 radical (unpaired) electrons. The highest BCUT2D eigenvalue weighted by Crippen LogP contribution is 2.14. The van der Waals surface area contributed by atoms with Crippen LogP contribution in [0.5, 0.6) is 0 Å². The number of hydrogen-bond donors (Lipinski definition) is 0. The SMILES string of the molecule is CCOC(=O)C#Cc1cnccc1[N+](=O)[O-]. The Balaban J connectivity index is 2.96. The van der Waals surface area contributed by atoms with Gasteiger partial charge in [-0.3, -0.25) is 15.1 Å². The third-order valence-corrected chi connectivity index (χ3v) is 1.57. The molecule has 0 aliphatic carbocycles. The van der Waals surface area contributed by atoms with Gasteiger partial charge in [-0.15, -0.1) is 0 Å². The standard InChI is InChI=1S/C10H8N2O4/c1-2-16-10(13)4-3-8-7-11-6-5-9(8)12(14)15/h5-7H,2H2,1H3. The van der Waals surface area contributed by atoms with Gasteiger partial charge >= 0.3 is 5.97 Å². The van der Waals surface area contributed by atoms with Crippen LogP contribution in [0.1, 0.15) is 12.5 Å². The number of ether oxygens (including phenoxy) is 1. The summed E-state index contributed by atoms with van der Waals surface area (Å²) in [5.74, 6) is 3.77. The molecule has 0 saturated carbocycles. The minimum absolute atomic E-state index is 0.0838. The van der Waals surface area contributed by atoms with E-state index < -0.39 is 10.9 Å². The maximum absolute atomic E-state index is 10.9. The van der Waals surface area contributed by atoms with Gasteiger partial charge in [0.15, 0.2) is 0 Å². The van der Waals surface area contributed by atoms with Crippen molar-refractivity contribution in [2.75, 3.05) is 6.61 Å². The van der Waals surface area contributed by atoms with Crippen molar-refractivity contribution in [3.05, 3.63) is 34.1 Å². The van der Waals surface area contributed by atoms with E-state index in [1.807, 2.05) is 0 Å². The molecule has 0 aliphatic rings. The largest absolute Gasteiger partial charge is 0.456 e. The Labute approximate surface area is 91.4 Å².